The Labute approximate surface area is 170 Å². The van der Waals surface area contributed by atoms with Crippen molar-refractivity contribution in [2.24, 2.45) is 0 Å². The van der Waals surface area contributed by atoms with Crippen molar-refractivity contribution in [2.45, 2.75) is 31.2 Å². The average Bonchev–Trinajstić information content (AvgIpc) is 3.35. The number of nitrogens with one attached hydrogen (secondary N) is 2. The summed E-state index contributed by atoms with van der Waals surface area (Å²) in [5.41, 5.74) is 1.63. The molecule has 3 heterocycles. The number of benzene rings is 1. The lowest BCUT2D eigenvalue weighted by molar-refractivity contribution is 0.0701. The van der Waals surface area contributed by atoms with Gasteiger partial charge in [-0.05, 0) is 31.0 Å². The highest BCUT2D eigenvalue weighted by Gasteiger charge is 2.36. The van der Waals surface area contributed by atoms with Gasteiger partial charge in [-0.3, -0.25) is 14.2 Å². The monoisotopic (exact) mass is 437 g/mol. The van der Waals surface area contributed by atoms with E-state index in [0.29, 0.717) is 42.5 Å². The molecule has 11 heteroatoms. The maximum absolute atomic E-state index is 13.7. The summed E-state index contributed by atoms with van der Waals surface area (Å²) < 4.78 is 42.1. The number of carbonyl (C=O) groups excluding carboxylic acids is 1. The number of hydrogen-bond acceptors (Lipinski definition) is 4. The maximum Gasteiger partial charge on any atom is 0.270 e. The van der Waals surface area contributed by atoms with Crippen LogP contribution in [-0.4, -0.2) is 45.8 Å². The first-order valence-corrected chi connectivity index (χ1v) is 11.1. The van der Waals surface area contributed by atoms with Gasteiger partial charge in [0, 0.05) is 23.5 Å². The predicted molar refractivity (Wildman–Crippen MR) is 106 cm³/mol. The molecule has 2 aliphatic rings. The number of nitrogens with zero attached hydrogens (tertiary/aromatic N) is 3. The van der Waals surface area contributed by atoms with Crippen molar-refractivity contribution in [3.8, 4) is 0 Å². The van der Waals surface area contributed by atoms with Gasteiger partial charge in [0.05, 0.1) is 29.1 Å². The fourth-order valence-corrected chi connectivity index (χ4v) is 5.06. The Balaban J connectivity index is 1.36. The second-order valence-corrected chi connectivity index (χ2v) is 9.66. The molecule has 0 spiro atoms. The van der Waals surface area contributed by atoms with Crippen LogP contribution < -0.4 is 4.72 Å². The van der Waals surface area contributed by atoms with Gasteiger partial charge >= 0.3 is 0 Å². The van der Waals surface area contributed by atoms with Crippen molar-refractivity contribution in [3.63, 3.8) is 0 Å². The smallest absolute Gasteiger partial charge is 0.270 e. The number of halogens is 2. The van der Waals surface area contributed by atoms with E-state index in [4.69, 9.17) is 11.6 Å². The number of rotatable bonds is 4. The normalized spacial score (nSPS) is 16.8. The van der Waals surface area contributed by atoms with E-state index in [1.165, 1.54) is 12.1 Å². The summed E-state index contributed by atoms with van der Waals surface area (Å²) in [4.78, 5) is 17.5. The number of sulfonamides is 1. The van der Waals surface area contributed by atoms with E-state index in [9.17, 15) is 17.6 Å². The molecule has 0 radical (unpaired) electrons. The highest BCUT2D eigenvalue weighted by Crippen LogP contribution is 2.30. The molecule has 1 aromatic carbocycles. The number of anilines is 1. The third-order valence-electron chi connectivity index (χ3n) is 5.22. The van der Waals surface area contributed by atoms with Gasteiger partial charge in [-0.2, -0.15) is 5.10 Å². The Bertz CT molecular complexity index is 1250. The molecule has 1 fully saturated rings. The first kappa shape index (κ1) is 18.4. The molecule has 1 amide bonds. The Morgan fingerprint density at radius 2 is 2.07 bits per heavy atom. The Morgan fingerprint density at radius 3 is 2.83 bits per heavy atom. The number of amides is 1. The van der Waals surface area contributed by atoms with Crippen LogP contribution >= 0.6 is 11.6 Å². The molecule has 1 saturated carbocycles. The Kier molecular flexibility index (Phi) is 4.11. The predicted octanol–water partition coefficient (Wildman–Crippen LogP) is 2.72. The largest absolute Gasteiger partial charge is 0.350 e. The fourth-order valence-electron chi connectivity index (χ4n) is 3.52. The van der Waals surface area contributed by atoms with Crippen LogP contribution in [0.3, 0.4) is 0 Å². The van der Waals surface area contributed by atoms with Crippen molar-refractivity contribution in [1.29, 1.82) is 0 Å². The van der Waals surface area contributed by atoms with Gasteiger partial charge in [0.2, 0.25) is 10.0 Å². The Hall–Kier alpha value is -2.59. The van der Waals surface area contributed by atoms with E-state index in [1.807, 2.05) is 0 Å². The zero-order valence-electron chi connectivity index (χ0n) is 15.2. The Morgan fingerprint density at radius 1 is 1.28 bits per heavy atom. The van der Waals surface area contributed by atoms with Gasteiger partial charge in [0.15, 0.2) is 5.82 Å². The van der Waals surface area contributed by atoms with E-state index in [-0.39, 0.29) is 28.5 Å². The van der Waals surface area contributed by atoms with Gasteiger partial charge in [-0.15, -0.1) is 0 Å². The summed E-state index contributed by atoms with van der Waals surface area (Å²) in [6, 6.07) is 5.98. The third kappa shape index (κ3) is 3.25. The summed E-state index contributed by atoms with van der Waals surface area (Å²) in [6.45, 7) is 1.15. The topological polar surface area (TPSA) is 100 Å². The van der Waals surface area contributed by atoms with E-state index in [0.717, 1.165) is 5.69 Å². The molecule has 0 atom stereocenters. The van der Waals surface area contributed by atoms with Crippen molar-refractivity contribution < 1.29 is 17.6 Å². The van der Waals surface area contributed by atoms with Gasteiger partial charge < -0.3 is 9.88 Å². The molecule has 152 valence electrons. The van der Waals surface area contributed by atoms with Crippen molar-refractivity contribution in [3.05, 3.63) is 46.5 Å². The van der Waals surface area contributed by atoms with Crippen molar-refractivity contribution >= 4 is 44.3 Å². The quantitative estimate of drug-likeness (QED) is 0.655. The standard InChI is InChI=1S/C18H17ClFN5O3S/c19-17-12-8-15(21-14(12)4-3-13(17)20)18(26)24-5-6-25-10(9-24)7-16(22-25)23-29(27,28)11-1-2-11/h3-4,7-8,11,21H,1-2,5-6,9H2,(H,22,23). The number of fused-ring (bicyclic) bond motifs is 2. The minimum absolute atomic E-state index is 0.0258. The molecule has 29 heavy (non-hydrogen) atoms. The molecular weight excluding hydrogens is 421 g/mol. The second kappa shape index (κ2) is 6.46. The molecule has 8 nitrogen and oxygen atoms in total. The van der Waals surface area contributed by atoms with Crippen LogP contribution in [0.2, 0.25) is 5.02 Å². The molecule has 1 aliphatic carbocycles. The summed E-state index contributed by atoms with van der Waals surface area (Å²) in [5, 5.41) is 4.38. The van der Waals surface area contributed by atoms with Crippen molar-refractivity contribution in [2.75, 3.05) is 11.3 Å². The lowest BCUT2D eigenvalue weighted by Crippen LogP contribution is -2.38. The summed E-state index contributed by atoms with van der Waals surface area (Å²) in [5.74, 6) is -0.514. The van der Waals surface area contributed by atoms with Crippen LogP contribution in [0.25, 0.3) is 10.9 Å². The molecule has 2 N–H and O–H groups in total. The molecule has 3 aromatic rings. The lowest BCUT2D eigenvalue weighted by atomic mass is 10.2. The summed E-state index contributed by atoms with van der Waals surface area (Å²) >= 11 is 5.99. The molecule has 5 rings (SSSR count). The summed E-state index contributed by atoms with van der Waals surface area (Å²) in [7, 11) is -3.39. The second-order valence-electron chi connectivity index (χ2n) is 7.32. The first-order chi connectivity index (χ1) is 13.8. The third-order valence-corrected chi connectivity index (χ3v) is 7.44. The van der Waals surface area contributed by atoms with Crippen LogP contribution in [0.5, 0.6) is 0 Å². The number of carbonyl (C=O) groups is 1. The van der Waals surface area contributed by atoms with E-state index in [1.54, 1.807) is 21.7 Å². The molecular formula is C18H17ClFN5O3S. The maximum atomic E-state index is 13.7. The van der Waals surface area contributed by atoms with Crippen LogP contribution in [-0.2, 0) is 23.1 Å². The number of aromatic nitrogens is 3. The average molecular weight is 438 g/mol. The van der Waals surface area contributed by atoms with E-state index < -0.39 is 15.8 Å². The molecule has 2 aromatic heterocycles. The van der Waals surface area contributed by atoms with Crippen LogP contribution in [0.1, 0.15) is 29.0 Å². The number of aromatic amines is 1. The SMILES string of the molecule is O=C(c1cc2c(Cl)c(F)ccc2[nH]1)N1CCn2nc(NS(=O)(=O)C3CC3)cc2C1. The zero-order chi connectivity index (χ0) is 20.3. The molecule has 0 saturated heterocycles. The van der Waals surface area contributed by atoms with Crippen molar-refractivity contribution in [1.82, 2.24) is 19.7 Å². The minimum Gasteiger partial charge on any atom is -0.350 e. The van der Waals surface area contributed by atoms with Crippen LogP contribution in [0.4, 0.5) is 10.2 Å². The van der Waals surface area contributed by atoms with E-state index in [2.05, 4.69) is 14.8 Å². The van der Waals surface area contributed by atoms with Gasteiger partial charge in [0.1, 0.15) is 11.5 Å². The highest BCUT2D eigenvalue weighted by molar-refractivity contribution is 7.93. The van der Waals surface area contributed by atoms with Crippen LogP contribution in [0.15, 0.2) is 24.3 Å². The molecule has 0 bridgehead atoms. The highest BCUT2D eigenvalue weighted by atomic mass is 35.5. The summed E-state index contributed by atoms with van der Waals surface area (Å²) in [6.07, 6.45) is 1.34. The fraction of sp³-hybridized carbons (Fsp3) is 0.333. The first-order valence-electron chi connectivity index (χ1n) is 9.16. The minimum atomic E-state index is -3.39. The number of hydrogen-bond donors (Lipinski definition) is 2. The molecule has 0 unspecified atom stereocenters. The molecule has 1 aliphatic heterocycles. The number of H-pyrrole nitrogens is 1. The lowest BCUT2D eigenvalue weighted by Gasteiger charge is -2.27. The van der Waals surface area contributed by atoms with Gasteiger partial charge in [-0.1, -0.05) is 11.6 Å². The van der Waals surface area contributed by atoms with Gasteiger partial charge in [0.25, 0.3) is 5.91 Å². The van der Waals surface area contributed by atoms with E-state index >= 15 is 0 Å². The van der Waals surface area contributed by atoms with Crippen LogP contribution in [0, 0.1) is 5.82 Å². The van der Waals surface area contributed by atoms with Gasteiger partial charge in [-0.25, -0.2) is 12.8 Å². The zero-order valence-corrected chi connectivity index (χ0v) is 16.7.